The van der Waals surface area contributed by atoms with Crippen LogP contribution >= 0.6 is 0 Å². The first-order valence-electron chi connectivity index (χ1n) is 10.3. The van der Waals surface area contributed by atoms with Crippen molar-refractivity contribution < 1.29 is 23.9 Å². The highest BCUT2D eigenvalue weighted by molar-refractivity contribution is 6.06. The van der Waals surface area contributed by atoms with Gasteiger partial charge < -0.3 is 10.0 Å². The molecule has 2 heterocycles. The lowest BCUT2D eigenvalue weighted by Gasteiger charge is -2.34. The average Bonchev–Trinajstić information content (AvgIpc) is 3.14. The number of aromatic nitrogens is 2. The molecule has 1 aliphatic heterocycles. The Morgan fingerprint density at radius 1 is 1.09 bits per heavy atom. The Hall–Kier alpha value is -3.75. The van der Waals surface area contributed by atoms with Gasteiger partial charge in [0.05, 0.1) is 5.52 Å². The van der Waals surface area contributed by atoms with Gasteiger partial charge in [-0.25, -0.2) is 14.0 Å². The van der Waals surface area contributed by atoms with Crippen molar-refractivity contribution in [1.29, 1.82) is 0 Å². The number of anilines is 1. The van der Waals surface area contributed by atoms with Gasteiger partial charge in [-0.05, 0) is 55.3 Å². The average molecular weight is 438 g/mol. The lowest BCUT2D eigenvalue weighted by atomic mass is 9.88. The molecule has 1 N–H and O–H groups in total. The number of likely N-dealkylation sites (tertiary alicyclic amines) is 1. The van der Waals surface area contributed by atoms with Gasteiger partial charge in [0, 0.05) is 49.7 Å². The highest BCUT2D eigenvalue weighted by Crippen LogP contribution is 2.26. The summed E-state index contributed by atoms with van der Waals surface area (Å²) in [6.45, 7) is 0.854. The van der Waals surface area contributed by atoms with Crippen LogP contribution in [0.4, 0.5) is 14.9 Å². The molecule has 8 nitrogen and oxygen atoms in total. The molecular weight excluding hydrogens is 415 g/mol. The maximum atomic E-state index is 13.1. The van der Waals surface area contributed by atoms with Crippen LogP contribution in [0.25, 0.3) is 10.9 Å². The van der Waals surface area contributed by atoms with E-state index in [1.807, 2.05) is 0 Å². The van der Waals surface area contributed by atoms with Crippen LogP contribution in [-0.4, -0.2) is 57.7 Å². The number of carbonyl (C=O) groups is 3. The molecule has 4 rings (SSSR count). The van der Waals surface area contributed by atoms with Crippen molar-refractivity contribution in [2.24, 2.45) is 13.0 Å². The van der Waals surface area contributed by atoms with Crippen molar-refractivity contribution in [2.75, 3.05) is 25.0 Å². The van der Waals surface area contributed by atoms with E-state index in [2.05, 4.69) is 5.10 Å². The van der Waals surface area contributed by atoms with Crippen LogP contribution in [-0.2, 0) is 7.05 Å². The van der Waals surface area contributed by atoms with Crippen molar-refractivity contribution in [1.82, 2.24) is 14.7 Å². The molecule has 1 aromatic heterocycles. The summed E-state index contributed by atoms with van der Waals surface area (Å²) >= 11 is 0. The maximum absolute atomic E-state index is 13.1. The molecule has 2 amide bonds. The van der Waals surface area contributed by atoms with Gasteiger partial charge in [-0.3, -0.25) is 14.4 Å². The number of ketones is 1. The molecule has 0 saturated carbocycles. The topological polar surface area (TPSA) is 95.7 Å². The van der Waals surface area contributed by atoms with Crippen LogP contribution in [0, 0.1) is 11.7 Å². The highest BCUT2D eigenvalue weighted by Gasteiger charge is 2.30. The van der Waals surface area contributed by atoms with E-state index in [0.717, 1.165) is 0 Å². The summed E-state index contributed by atoms with van der Waals surface area (Å²) in [6.07, 6.45) is 1.03. The number of fused-ring (bicyclic) bond motifs is 1. The zero-order chi connectivity index (χ0) is 23.0. The van der Waals surface area contributed by atoms with E-state index in [1.165, 1.54) is 21.7 Å². The number of hydrogen-bond acceptors (Lipinski definition) is 4. The number of Topliss-reactive ketones (excluding diaryl/α,β-unsaturated/α-hetero) is 1. The minimum atomic E-state index is -1.14. The number of aryl methyl sites for hydroxylation is 1. The number of piperidine rings is 1. The normalized spacial score (nSPS) is 14.5. The lowest BCUT2D eigenvalue weighted by Crippen LogP contribution is -2.46. The van der Waals surface area contributed by atoms with Gasteiger partial charge in [-0.15, -0.1) is 0 Å². The van der Waals surface area contributed by atoms with Crippen molar-refractivity contribution in [3.63, 3.8) is 0 Å². The molecule has 1 saturated heterocycles. The standard InChI is InChI=1S/C23H23FN4O4/c1-26(17-6-4-16(24)5-7-17)23(32)28-11-9-14(10-12-28)21(29)15-3-8-19-18(13-15)20(22(30)31)25-27(19)2/h3-8,13-14H,9-12H2,1-2H3,(H,30,31). The minimum Gasteiger partial charge on any atom is -0.476 e. The number of benzene rings is 2. The quantitative estimate of drug-likeness (QED) is 0.629. The van der Waals surface area contributed by atoms with Crippen LogP contribution < -0.4 is 4.90 Å². The monoisotopic (exact) mass is 438 g/mol. The van der Waals surface area contributed by atoms with E-state index >= 15 is 0 Å². The number of nitrogens with zero attached hydrogens (tertiary/aromatic N) is 4. The molecule has 0 aliphatic carbocycles. The molecular formula is C23H23FN4O4. The fraction of sp³-hybridized carbons (Fsp3) is 0.304. The van der Waals surface area contributed by atoms with Gasteiger partial charge in [-0.1, -0.05) is 0 Å². The molecule has 32 heavy (non-hydrogen) atoms. The van der Waals surface area contributed by atoms with Crippen LogP contribution in [0.2, 0.25) is 0 Å². The second-order valence-corrected chi connectivity index (χ2v) is 7.95. The fourth-order valence-electron chi connectivity index (χ4n) is 4.13. The number of aromatic carboxylic acids is 1. The third-order valence-corrected chi connectivity index (χ3v) is 5.97. The van der Waals surface area contributed by atoms with Crippen LogP contribution in [0.15, 0.2) is 42.5 Å². The Kier molecular flexibility index (Phi) is 5.65. The van der Waals surface area contributed by atoms with Gasteiger partial charge in [-0.2, -0.15) is 5.10 Å². The number of rotatable bonds is 4. The second-order valence-electron chi connectivity index (χ2n) is 7.95. The molecule has 0 atom stereocenters. The van der Waals surface area contributed by atoms with E-state index in [9.17, 15) is 23.9 Å². The molecule has 3 aromatic rings. The number of urea groups is 1. The number of carboxylic acid groups (broad SMARTS) is 1. The molecule has 0 spiro atoms. The first kappa shape index (κ1) is 21.5. The van der Waals surface area contributed by atoms with Gasteiger partial charge in [0.1, 0.15) is 5.82 Å². The van der Waals surface area contributed by atoms with Crippen LogP contribution in [0.5, 0.6) is 0 Å². The fourth-order valence-corrected chi connectivity index (χ4v) is 4.13. The predicted molar refractivity (Wildman–Crippen MR) is 116 cm³/mol. The number of amides is 2. The number of carboxylic acids is 1. The summed E-state index contributed by atoms with van der Waals surface area (Å²) in [6, 6.07) is 10.5. The Balaban J connectivity index is 1.44. The summed E-state index contributed by atoms with van der Waals surface area (Å²) in [7, 11) is 3.29. The zero-order valence-corrected chi connectivity index (χ0v) is 17.8. The first-order chi connectivity index (χ1) is 15.3. The summed E-state index contributed by atoms with van der Waals surface area (Å²) in [4.78, 5) is 40.5. The minimum absolute atomic E-state index is 0.0638. The van der Waals surface area contributed by atoms with Gasteiger partial charge in [0.25, 0.3) is 0 Å². The van der Waals surface area contributed by atoms with Crippen LogP contribution in [0.1, 0.15) is 33.7 Å². The molecule has 2 aromatic carbocycles. The maximum Gasteiger partial charge on any atom is 0.357 e. The van der Waals surface area contributed by atoms with Gasteiger partial charge in [0.15, 0.2) is 11.5 Å². The SMILES string of the molecule is CN(C(=O)N1CCC(C(=O)c2ccc3c(c2)c(C(=O)O)nn3C)CC1)c1ccc(F)cc1. The Bertz CT molecular complexity index is 1200. The summed E-state index contributed by atoms with van der Waals surface area (Å²) in [5.41, 5.74) is 1.60. The number of carbonyl (C=O) groups excluding carboxylic acids is 2. The van der Waals surface area contributed by atoms with E-state index in [-0.39, 0.29) is 29.2 Å². The summed E-state index contributed by atoms with van der Waals surface area (Å²) in [5.74, 6) is -1.82. The van der Waals surface area contributed by atoms with Crippen molar-refractivity contribution in [2.45, 2.75) is 12.8 Å². The molecule has 0 unspecified atom stereocenters. The third-order valence-electron chi connectivity index (χ3n) is 5.97. The van der Waals surface area contributed by atoms with Gasteiger partial charge >= 0.3 is 12.0 Å². The third kappa shape index (κ3) is 3.93. The molecule has 0 bridgehead atoms. The second kappa shape index (κ2) is 8.41. The van der Waals surface area contributed by atoms with Crippen molar-refractivity contribution in [3.8, 4) is 0 Å². The summed E-state index contributed by atoms with van der Waals surface area (Å²) in [5, 5.41) is 13.8. The molecule has 166 valence electrons. The molecule has 0 radical (unpaired) electrons. The lowest BCUT2D eigenvalue weighted by molar-refractivity contribution is 0.0691. The van der Waals surface area contributed by atoms with Gasteiger partial charge in [0.2, 0.25) is 0 Å². The zero-order valence-electron chi connectivity index (χ0n) is 17.8. The number of hydrogen-bond donors (Lipinski definition) is 1. The number of halogens is 1. The van der Waals surface area contributed by atoms with E-state index in [1.54, 1.807) is 49.3 Å². The smallest absolute Gasteiger partial charge is 0.357 e. The first-order valence-corrected chi connectivity index (χ1v) is 10.3. The highest BCUT2D eigenvalue weighted by atomic mass is 19.1. The Morgan fingerprint density at radius 3 is 2.38 bits per heavy atom. The van der Waals surface area contributed by atoms with Crippen molar-refractivity contribution in [3.05, 3.63) is 59.5 Å². The van der Waals surface area contributed by atoms with E-state index in [0.29, 0.717) is 48.1 Å². The Labute approximate surface area is 183 Å². The molecule has 1 fully saturated rings. The molecule has 9 heteroatoms. The summed E-state index contributed by atoms with van der Waals surface area (Å²) < 4.78 is 14.6. The largest absolute Gasteiger partial charge is 0.476 e. The Morgan fingerprint density at radius 2 is 1.75 bits per heavy atom. The van der Waals surface area contributed by atoms with Crippen molar-refractivity contribution >= 4 is 34.4 Å². The van der Waals surface area contributed by atoms with E-state index in [4.69, 9.17) is 0 Å². The van der Waals surface area contributed by atoms with E-state index < -0.39 is 5.97 Å². The molecule has 1 aliphatic rings. The predicted octanol–water partition coefficient (Wildman–Crippen LogP) is 3.56. The van der Waals surface area contributed by atoms with Crippen LogP contribution in [0.3, 0.4) is 0 Å².